The summed E-state index contributed by atoms with van der Waals surface area (Å²) >= 11 is 12.4. The van der Waals surface area contributed by atoms with Gasteiger partial charge in [0.15, 0.2) is 0 Å². The maximum Gasteiger partial charge on any atom is 0.407 e. The average Bonchev–Trinajstić information content (AvgIpc) is 3.19. The first-order chi connectivity index (χ1) is 12.3. The molecule has 0 aromatic heterocycles. The minimum atomic E-state index is -0.603. The summed E-state index contributed by atoms with van der Waals surface area (Å²) in [6.45, 7) is 2.30. The fourth-order valence-electron chi connectivity index (χ4n) is 3.85. The molecule has 0 spiro atoms. The molecule has 2 amide bonds. The van der Waals surface area contributed by atoms with Crippen molar-refractivity contribution in [2.75, 3.05) is 6.54 Å². The van der Waals surface area contributed by atoms with Gasteiger partial charge in [0.1, 0.15) is 11.9 Å². The fourth-order valence-corrected chi connectivity index (χ4v) is 4.27. The Kier molecular flexibility index (Phi) is 5.63. The van der Waals surface area contributed by atoms with E-state index >= 15 is 0 Å². The van der Waals surface area contributed by atoms with Gasteiger partial charge < -0.3 is 15.4 Å². The van der Waals surface area contributed by atoms with Gasteiger partial charge in [0.25, 0.3) is 0 Å². The zero-order valence-corrected chi connectivity index (χ0v) is 15.9. The first-order valence-corrected chi connectivity index (χ1v) is 9.43. The number of carbonyl (C=O) groups excluding carboxylic acids is 2. The van der Waals surface area contributed by atoms with E-state index in [9.17, 15) is 14.0 Å². The SMILES string of the molecule is CC1([C@H](NC(=O)C[C@@H]2CNC(=O)O2)c2c(F)ccc(Cl)c2Cl)CCCC1. The molecule has 0 radical (unpaired) electrons. The van der Waals surface area contributed by atoms with Crippen LogP contribution in [-0.4, -0.2) is 24.6 Å². The predicted molar refractivity (Wildman–Crippen MR) is 96.8 cm³/mol. The molecule has 8 heteroatoms. The summed E-state index contributed by atoms with van der Waals surface area (Å²) in [6.07, 6.45) is 2.65. The Labute approximate surface area is 161 Å². The van der Waals surface area contributed by atoms with Crippen LogP contribution in [0.15, 0.2) is 12.1 Å². The van der Waals surface area contributed by atoms with Gasteiger partial charge in [-0.15, -0.1) is 0 Å². The summed E-state index contributed by atoms with van der Waals surface area (Å²) in [5.74, 6) is -0.813. The van der Waals surface area contributed by atoms with Crippen molar-refractivity contribution in [2.24, 2.45) is 5.41 Å². The summed E-state index contributed by atoms with van der Waals surface area (Å²) in [6, 6.07) is 2.07. The monoisotopic (exact) mass is 402 g/mol. The zero-order chi connectivity index (χ0) is 18.9. The van der Waals surface area contributed by atoms with Gasteiger partial charge in [-0.2, -0.15) is 0 Å². The standard InChI is InChI=1S/C18H21Cl2FN2O3/c1-18(6-2-3-7-18)16(14-12(21)5-4-11(19)15(14)20)23-13(24)8-10-9-22-17(25)26-10/h4-5,10,16H,2-3,6-9H2,1H3,(H,22,25)(H,23,24)/t10-,16-/m1/s1. The number of hydrogen-bond acceptors (Lipinski definition) is 3. The van der Waals surface area contributed by atoms with E-state index in [1.54, 1.807) is 0 Å². The molecular weight excluding hydrogens is 382 g/mol. The number of rotatable bonds is 5. The second kappa shape index (κ2) is 7.61. The highest BCUT2D eigenvalue weighted by molar-refractivity contribution is 6.42. The Morgan fingerprint density at radius 3 is 2.73 bits per heavy atom. The molecule has 3 rings (SSSR count). The molecule has 1 saturated carbocycles. The van der Waals surface area contributed by atoms with Gasteiger partial charge in [-0.1, -0.05) is 43.0 Å². The van der Waals surface area contributed by atoms with E-state index in [2.05, 4.69) is 10.6 Å². The maximum atomic E-state index is 14.6. The van der Waals surface area contributed by atoms with Crippen LogP contribution in [0, 0.1) is 11.2 Å². The van der Waals surface area contributed by atoms with Gasteiger partial charge in [0, 0.05) is 5.56 Å². The third-order valence-electron chi connectivity index (χ3n) is 5.28. The van der Waals surface area contributed by atoms with Gasteiger partial charge in [-0.3, -0.25) is 4.79 Å². The number of halogens is 3. The second-order valence-corrected chi connectivity index (χ2v) is 8.02. The van der Waals surface area contributed by atoms with Gasteiger partial charge in [-0.25, -0.2) is 9.18 Å². The van der Waals surface area contributed by atoms with Crippen molar-refractivity contribution in [2.45, 2.75) is 51.2 Å². The van der Waals surface area contributed by atoms with E-state index < -0.39 is 24.1 Å². The van der Waals surface area contributed by atoms with Crippen molar-refractivity contribution < 1.29 is 18.7 Å². The molecule has 0 unspecified atom stereocenters. The quantitative estimate of drug-likeness (QED) is 0.718. The van der Waals surface area contributed by atoms with Crippen molar-refractivity contribution in [3.63, 3.8) is 0 Å². The van der Waals surface area contributed by atoms with Crippen LogP contribution in [0.3, 0.4) is 0 Å². The topological polar surface area (TPSA) is 67.4 Å². The number of benzene rings is 1. The Balaban J connectivity index is 1.86. The third kappa shape index (κ3) is 3.91. The number of ether oxygens (including phenoxy) is 1. The maximum absolute atomic E-state index is 14.6. The van der Waals surface area contributed by atoms with Crippen LogP contribution in [0.25, 0.3) is 0 Å². The van der Waals surface area contributed by atoms with E-state index in [0.717, 1.165) is 25.7 Å². The molecule has 1 saturated heterocycles. The van der Waals surface area contributed by atoms with Crippen molar-refractivity contribution in [3.8, 4) is 0 Å². The second-order valence-electron chi connectivity index (χ2n) is 7.23. The van der Waals surface area contributed by atoms with Gasteiger partial charge in [0.2, 0.25) is 5.91 Å². The first-order valence-electron chi connectivity index (χ1n) is 8.67. The first kappa shape index (κ1) is 19.2. The molecule has 1 aromatic rings. The van der Waals surface area contributed by atoms with Crippen LogP contribution in [-0.2, 0) is 9.53 Å². The van der Waals surface area contributed by atoms with Crippen molar-refractivity contribution in [3.05, 3.63) is 33.6 Å². The summed E-state index contributed by atoms with van der Waals surface area (Å²) in [4.78, 5) is 23.7. The lowest BCUT2D eigenvalue weighted by atomic mass is 9.77. The summed E-state index contributed by atoms with van der Waals surface area (Å²) in [5.41, 5.74) is -0.103. The molecule has 142 valence electrons. The molecule has 1 heterocycles. The van der Waals surface area contributed by atoms with Crippen molar-refractivity contribution in [1.82, 2.24) is 10.6 Å². The largest absolute Gasteiger partial charge is 0.444 e. The number of cyclic esters (lactones) is 1. The number of amides is 2. The lowest BCUT2D eigenvalue weighted by Gasteiger charge is -2.36. The lowest BCUT2D eigenvalue weighted by molar-refractivity contribution is -0.124. The van der Waals surface area contributed by atoms with E-state index in [-0.39, 0.29) is 39.9 Å². The third-order valence-corrected chi connectivity index (χ3v) is 6.10. The summed E-state index contributed by atoms with van der Waals surface area (Å²) in [7, 11) is 0. The zero-order valence-electron chi connectivity index (χ0n) is 14.4. The number of hydrogen-bond donors (Lipinski definition) is 2. The van der Waals surface area contributed by atoms with E-state index in [4.69, 9.17) is 27.9 Å². The molecule has 2 fully saturated rings. The number of nitrogens with one attached hydrogen (secondary N) is 2. The highest BCUT2D eigenvalue weighted by Gasteiger charge is 2.41. The normalized spacial score (nSPS) is 22.6. The van der Waals surface area contributed by atoms with E-state index in [0.29, 0.717) is 0 Å². The molecule has 2 atom stereocenters. The highest BCUT2D eigenvalue weighted by Crippen LogP contribution is 2.50. The van der Waals surface area contributed by atoms with Crippen LogP contribution in [0.4, 0.5) is 9.18 Å². The average molecular weight is 403 g/mol. The molecule has 1 aliphatic carbocycles. The van der Waals surface area contributed by atoms with Crippen LogP contribution >= 0.6 is 23.2 Å². The van der Waals surface area contributed by atoms with Gasteiger partial charge >= 0.3 is 6.09 Å². The Morgan fingerprint density at radius 1 is 1.42 bits per heavy atom. The van der Waals surface area contributed by atoms with Crippen LogP contribution in [0.2, 0.25) is 10.0 Å². The molecule has 2 aliphatic rings. The molecule has 2 N–H and O–H groups in total. The Morgan fingerprint density at radius 2 is 2.12 bits per heavy atom. The number of carbonyl (C=O) groups is 2. The molecule has 26 heavy (non-hydrogen) atoms. The Hall–Kier alpha value is -1.53. The van der Waals surface area contributed by atoms with Gasteiger partial charge in [0.05, 0.1) is 29.1 Å². The highest BCUT2D eigenvalue weighted by atomic mass is 35.5. The smallest absolute Gasteiger partial charge is 0.407 e. The minimum Gasteiger partial charge on any atom is -0.444 e. The fraction of sp³-hybridized carbons (Fsp3) is 0.556. The summed E-state index contributed by atoms with van der Waals surface area (Å²) in [5, 5.41) is 5.81. The predicted octanol–water partition coefficient (Wildman–Crippen LogP) is 4.37. The van der Waals surface area contributed by atoms with Crippen LogP contribution in [0.1, 0.15) is 50.6 Å². The van der Waals surface area contributed by atoms with Crippen LogP contribution in [0.5, 0.6) is 0 Å². The minimum absolute atomic E-state index is 0.00508. The number of alkyl carbamates (subject to hydrolysis) is 1. The molecule has 0 bridgehead atoms. The van der Waals surface area contributed by atoms with Gasteiger partial charge in [-0.05, 0) is 30.4 Å². The molecule has 1 aliphatic heterocycles. The molecule has 5 nitrogen and oxygen atoms in total. The Bertz CT molecular complexity index is 723. The van der Waals surface area contributed by atoms with Crippen LogP contribution < -0.4 is 10.6 Å². The van der Waals surface area contributed by atoms with Crippen molar-refractivity contribution in [1.29, 1.82) is 0 Å². The summed E-state index contributed by atoms with van der Waals surface area (Å²) < 4.78 is 19.6. The lowest BCUT2D eigenvalue weighted by Crippen LogP contribution is -2.40. The molecule has 1 aromatic carbocycles. The van der Waals surface area contributed by atoms with Crippen molar-refractivity contribution >= 4 is 35.2 Å². The van der Waals surface area contributed by atoms with E-state index in [1.807, 2.05) is 6.92 Å². The van der Waals surface area contributed by atoms with E-state index in [1.165, 1.54) is 12.1 Å². The molecular formula is C18H21Cl2FN2O3.